The van der Waals surface area contributed by atoms with Crippen molar-refractivity contribution in [1.29, 1.82) is 0 Å². The molecule has 4 unspecified atom stereocenters. The first-order chi connectivity index (χ1) is 15.0. The zero-order chi connectivity index (χ0) is 22.0. The van der Waals surface area contributed by atoms with Crippen molar-refractivity contribution < 1.29 is 14.6 Å². The molecule has 2 saturated heterocycles. The Bertz CT molecular complexity index is 916. The lowest BCUT2D eigenvalue weighted by Gasteiger charge is -2.31. The van der Waals surface area contributed by atoms with Gasteiger partial charge in [0.2, 0.25) is 5.91 Å². The Morgan fingerprint density at radius 3 is 2.61 bits per heavy atom. The number of rotatable bonds is 8. The molecule has 2 aliphatic heterocycles. The van der Waals surface area contributed by atoms with Crippen LogP contribution in [-0.2, 0) is 4.79 Å². The van der Waals surface area contributed by atoms with Gasteiger partial charge in [0.1, 0.15) is 17.5 Å². The van der Waals surface area contributed by atoms with Crippen molar-refractivity contribution in [3.05, 3.63) is 59.7 Å². The van der Waals surface area contributed by atoms with E-state index in [0.29, 0.717) is 19.1 Å². The van der Waals surface area contributed by atoms with E-state index in [9.17, 15) is 9.90 Å². The van der Waals surface area contributed by atoms with Gasteiger partial charge in [-0.25, -0.2) is 10.9 Å². The molecule has 0 bridgehead atoms. The van der Waals surface area contributed by atoms with Gasteiger partial charge in [-0.15, -0.1) is 0 Å². The van der Waals surface area contributed by atoms with Crippen LogP contribution in [0.2, 0.25) is 0 Å². The van der Waals surface area contributed by atoms with Crippen LogP contribution >= 0.6 is 0 Å². The Balaban J connectivity index is 1.67. The average Bonchev–Trinajstić information content (AvgIpc) is 3.28. The van der Waals surface area contributed by atoms with E-state index >= 15 is 0 Å². The number of carbonyl (C=O) groups is 1. The van der Waals surface area contributed by atoms with Crippen LogP contribution in [0.15, 0.2) is 48.5 Å². The lowest BCUT2D eigenvalue weighted by molar-refractivity contribution is -0.130. The molecule has 2 aliphatic rings. The van der Waals surface area contributed by atoms with Gasteiger partial charge in [-0.05, 0) is 42.5 Å². The Labute approximate surface area is 184 Å². The minimum Gasteiger partial charge on any atom is -0.508 e. The topological polar surface area (TPSA) is 73.8 Å². The Morgan fingerprint density at radius 2 is 1.87 bits per heavy atom. The van der Waals surface area contributed by atoms with E-state index in [0.717, 1.165) is 29.7 Å². The third-order valence-electron chi connectivity index (χ3n) is 6.31. The standard InChI is InChI=1S/C25H33N3O3/c1-4-13-28-24(17-8-7-9-18(15-17)31-14-12-16(2)3)21-22(26-27-23(21)25(28)30)19-10-5-6-11-20(19)29/h5-11,15-16,21-24,26-27,29H,4,12-14H2,1-3H3. The summed E-state index contributed by atoms with van der Waals surface area (Å²) in [7, 11) is 0. The van der Waals surface area contributed by atoms with Crippen LogP contribution in [0.25, 0.3) is 0 Å². The van der Waals surface area contributed by atoms with Crippen LogP contribution in [0.5, 0.6) is 11.5 Å². The number of likely N-dealkylation sites (tertiary alicyclic amines) is 1. The SMILES string of the molecule is CCCN1C(=O)C2NNC(c3ccccc3O)C2C1c1cccc(OCCC(C)C)c1. The summed E-state index contributed by atoms with van der Waals surface area (Å²) in [5.74, 6) is 1.73. The number of phenols is 1. The lowest BCUT2D eigenvalue weighted by Crippen LogP contribution is -2.41. The summed E-state index contributed by atoms with van der Waals surface area (Å²) < 4.78 is 6.01. The van der Waals surface area contributed by atoms with Crippen LogP contribution in [0.1, 0.15) is 56.8 Å². The zero-order valence-corrected chi connectivity index (χ0v) is 18.5. The smallest absolute Gasteiger partial charge is 0.242 e. The highest BCUT2D eigenvalue weighted by Gasteiger charge is 2.55. The predicted molar refractivity (Wildman–Crippen MR) is 121 cm³/mol. The van der Waals surface area contributed by atoms with E-state index in [1.165, 1.54) is 0 Å². The van der Waals surface area contributed by atoms with E-state index in [4.69, 9.17) is 4.74 Å². The normalized spacial score (nSPS) is 25.3. The van der Waals surface area contributed by atoms with Crippen molar-refractivity contribution in [3.63, 3.8) is 0 Å². The number of para-hydroxylation sites is 1. The molecule has 0 radical (unpaired) electrons. The summed E-state index contributed by atoms with van der Waals surface area (Å²) in [6.45, 7) is 7.84. The number of ether oxygens (including phenoxy) is 1. The van der Waals surface area contributed by atoms with Crippen molar-refractivity contribution in [3.8, 4) is 11.5 Å². The third kappa shape index (κ3) is 4.27. The summed E-state index contributed by atoms with van der Waals surface area (Å²) in [5, 5.41) is 10.5. The first-order valence-electron chi connectivity index (χ1n) is 11.3. The van der Waals surface area contributed by atoms with Gasteiger partial charge in [-0.1, -0.05) is 51.1 Å². The van der Waals surface area contributed by atoms with Crippen molar-refractivity contribution in [2.75, 3.05) is 13.2 Å². The van der Waals surface area contributed by atoms with Crippen molar-refractivity contribution in [1.82, 2.24) is 15.8 Å². The molecule has 3 N–H and O–H groups in total. The maximum atomic E-state index is 13.3. The zero-order valence-electron chi connectivity index (χ0n) is 18.5. The average molecular weight is 424 g/mol. The Morgan fingerprint density at radius 1 is 1.10 bits per heavy atom. The molecule has 6 nitrogen and oxygen atoms in total. The van der Waals surface area contributed by atoms with Crippen LogP contribution in [0.4, 0.5) is 0 Å². The molecule has 166 valence electrons. The second-order valence-corrected chi connectivity index (χ2v) is 8.96. The Hall–Kier alpha value is -2.57. The number of nitrogens with one attached hydrogen (secondary N) is 2. The van der Waals surface area contributed by atoms with Gasteiger partial charge < -0.3 is 14.7 Å². The molecular formula is C25H33N3O3. The fourth-order valence-electron chi connectivity index (χ4n) is 4.81. The van der Waals surface area contributed by atoms with Gasteiger partial charge in [-0.3, -0.25) is 4.79 Å². The van der Waals surface area contributed by atoms with Crippen molar-refractivity contribution >= 4 is 5.91 Å². The fourth-order valence-corrected chi connectivity index (χ4v) is 4.81. The molecule has 1 amide bonds. The number of hydrogen-bond donors (Lipinski definition) is 3. The molecule has 6 heteroatoms. The maximum Gasteiger partial charge on any atom is 0.242 e. The van der Waals surface area contributed by atoms with Crippen LogP contribution < -0.4 is 15.6 Å². The minimum absolute atomic E-state index is 0.0433. The van der Waals surface area contributed by atoms with E-state index in [1.807, 2.05) is 35.2 Å². The summed E-state index contributed by atoms with van der Waals surface area (Å²) >= 11 is 0. The summed E-state index contributed by atoms with van der Waals surface area (Å²) in [6, 6.07) is 14.9. The molecule has 0 aliphatic carbocycles. The maximum absolute atomic E-state index is 13.3. The highest BCUT2D eigenvalue weighted by Crippen LogP contribution is 2.48. The molecular weight excluding hydrogens is 390 g/mol. The molecule has 2 aromatic carbocycles. The number of phenolic OH excluding ortho intramolecular Hbond substituents is 1. The molecule has 0 aromatic heterocycles. The molecule has 0 saturated carbocycles. The van der Waals surface area contributed by atoms with Crippen LogP contribution in [0, 0.1) is 11.8 Å². The highest BCUT2D eigenvalue weighted by molar-refractivity contribution is 5.86. The number of nitrogens with zero attached hydrogens (tertiary/aromatic N) is 1. The van der Waals surface area contributed by atoms with E-state index < -0.39 is 0 Å². The molecule has 2 heterocycles. The quantitative estimate of drug-likeness (QED) is 0.600. The predicted octanol–water partition coefficient (Wildman–Crippen LogP) is 3.94. The summed E-state index contributed by atoms with van der Waals surface area (Å²) in [6.07, 6.45) is 1.89. The third-order valence-corrected chi connectivity index (χ3v) is 6.31. The molecule has 4 atom stereocenters. The molecule has 2 aromatic rings. The van der Waals surface area contributed by atoms with E-state index in [-0.39, 0.29) is 35.7 Å². The number of fused-ring (bicyclic) bond motifs is 1. The Kier molecular flexibility index (Phi) is 6.49. The number of amides is 1. The molecule has 0 spiro atoms. The largest absolute Gasteiger partial charge is 0.508 e. The summed E-state index contributed by atoms with van der Waals surface area (Å²) in [5.41, 5.74) is 8.37. The second-order valence-electron chi connectivity index (χ2n) is 8.96. The van der Waals surface area contributed by atoms with Crippen molar-refractivity contribution in [2.24, 2.45) is 11.8 Å². The first-order valence-corrected chi connectivity index (χ1v) is 11.3. The highest BCUT2D eigenvalue weighted by atomic mass is 16.5. The molecule has 31 heavy (non-hydrogen) atoms. The van der Waals surface area contributed by atoms with Crippen LogP contribution in [-0.4, -0.2) is 35.1 Å². The number of hydrogen-bond acceptors (Lipinski definition) is 5. The summed E-state index contributed by atoms with van der Waals surface area (Å²) in [4.78, 5) is 15.3. The van der Waals surface area contributed by atoms with Gasteiger partial charge in [0.05, 0.1) is 18.7 Å². The fraction of sp³-hybridized carbons (Fsp3) is 0.480. The van der Waals surface area contributed by atoms with Crippen molar-refractivity contribution in [2.45, 2.75) is 51.7 Å². The lowest BCUT2D eigenvalue weighted by atomic mass is 9.83. The van der Waals surface area contributed by atoms with Gasteiger partial charge in [-0.2, -0.15) is 0 Å². The molecule has 2 fully saturated rings. The van der Waals surface area contributed by atoms with Crippen LogP contribution in [0.3, 0.4) is 0 Å². The van der Waals surface area contributed by atoms with Gasteiger partial charge in [0, 0.05) is 18.0 Å². The second kappa shape index (κ2) is 9.28. The number of aromatic hydroxyl groups is 1. The van der Waals surface area contributed by atoms with E-state index in [1.54, 1.807) is 6.07 Å². The van der Waals surface area contributed by atoms with E-state index in [2.05, 4.69) is 43.8 Å². The number of carbonyl (C=O) groups excluding carboxylic acids is 1. The number of benzene rings is 2. The van der Waals surface area contributed by atoms with Gasteiger partial charge >= 0.3 is 0 Å². The number of hydrazine groups is 1. The minimum atomic E-state index is -0.327. The van der Waals surface area contributed by atoms with Gasteiger partial charge in [0.15, 0.2) is 0 Å². The molecule has 4 rings (SSSR count). The monoisotopic (exact) mass is 423 g/mol. The first kappa shape index (κ1) is 21.7. The van der Waals surface area contributed by atoms with Gasteiger partial charge in [0.25, 0.3) is 0 Å².